The average molecular weight is 384 g/mol. The molecule has 0 fully saturated rings. The normalized spacial score (nSPS) is 20.3. The molecule has 28 heavy (non-hydrogen) atoms. The summed E-state index contributed by atoms with van der Waals surface area (Å²) in [5.41, 5.74) is 12.1. The van der Waals surface area contributed by atoms with Crippen molar-refractivity contribution in [2.24, 2.45) is 5.73 Å². The maximum Gasteiger partial charge on any atom is 0.0565 e. The van der Waals surface area contributed by atoms with Crippen molar-refractivity contribution in [2.45, 2.75) is 84.2 Å². The van der Waals surface area contributed by atoms with E-state index in [0.717, 1.165) is 56.3 Å². The first-order valence-corrected chi connectivity index (χ1v) is 10.5. The van der Waals surface area contributed by atoms with E-state index in [4.69, 9.17) is 5.73 Å². The molecule has 0 aromatic heterocycles. The summed E-state index contributed by atoms with van der Waals surface area (Å²) in [4.78, 5) is 0. The summed E-state index contributed by atoms with van der Waals surface area (Å²) in [5.74, 6) is 0. The molecule has 0 radical (unpaired) electrons. The maximum absolute atomic E-state index is 6.17. The average Bonchev–Trinajstić information content (AvgIpc) is 2.65. The third kappa shape index (κ3) is 8.35. The third-order valence-electron chi connectivity index (χ3n) is 5.34. The lowest BCUT2D eigenvalue weighted by Gasteiger charge is -2.33. The van der Waals surface area contributed by atoms with E-state index in [9.17, 15) is 0 Å². The van der Waals surface area contributed by atoms with Crippen LogP contribution in [0.15, 0.2) is 72.3 Å². The van der Waals surface area contributed by atoms with Gasteiger partial charge in [0, 0.05) is 17.4 Å². The molecule has 0 aromatic carbocycles. The fourth-order valence-electron chi connectivity index (χ4n) is 3.39. The Hall–Kier alpha value is -2.00. The fraction of sp³-hybridized carbons (Fsp3) is 0.520. The van der Waals surface area contributed by atoms with E-state index in [-0.39, 0.29) is 11.6 Å². The van der Waals surface area contributed by atoms with Crippen LogP contribution in [0.1, 0.15) is 72.6 Å². The van der Waals surface area contributed by atoms with Crippen molar-refractivity contribution < 1.29 is 0 Å². The monoisotopic (exact) mass is 383 g/mol. The van der Waals surface area contributed by atoms with E-state index in [1.807, 2.05) is 19.2 Å². The molecule has 0 bridgehead atoms. The molecule has 0 saturated heterocycles. The fourth-order valence-corrected chi connectivity index (χ4v) is 3.39. The Morgan fingerprint density at radius 1 is 1.32 bits per heavy atom. The second-order valence-corrected chi connectivity index (χ2v) is 8.21. The van der Waals surface area contributed by atoms with Gasteiger partial charge in [0.25, 0.3) is 0 Å². The summed E-state index contributed by atoms with van der Waals surface area (Å²) in [6.45, 7) is 21.0. The molecule has 4 N–H and O–H groups in total. The van der Waals surface area contributed by atoms with Gasteiger partial charge in [0.05, 0.1) is 5.54 Å². The molecule has 0 amide bonds. The zero-order valence-corrected chi connectivity index (χ0v) is 18.5. The van der Waals surface area contributed by atoms with Gasteiger partial charge in [0.15, 0.2) is 0 Å². The van der Waals surface area contributed by atoms with Crippen molar-refractivity contribution in [1.82, 2.24) is 10.6 Å². The molecule has 0 aromatic rings. The Morgan fingerprint density at radius 2 is 2.04 bits per heavy atom. The summed E-state index contributed by atoms with van der Waals surface area (Å²) in [6, 6.07) is -0.00542. The summed E-state index contributed by atoms with van der Waals surface area (Å²) in [7, 11) is 0. The highest BCUT2D eigenvalue weighted by molar-refractivity contribution is 5.40. The standard InChI is InChI=1S/C25H41N3/c1-8-16-27-22(6)24(26)13-11-10-12-19(3)17-23-18-25(7,15-14-20(23)4)28-21(5)9-2/h8,14,16,18,24,27-28H,3,5-6,9-13,15,17,26H2,1-2,4,7H3/b16-8-. The number of unbranched alkanes of at least 4 members (excludes halogenated alkanes) is 1. The van der Waals surface area contributed by atoms with Crippen LogP contribution >= 0.6 is 0 Å². The number of allylic oxidation sites excluding steroid dienone is 5. The smallest absolute Gasteiger partial charge is 0.0565 e. The van der Waals surface area contributed by atoms with Gasteiger partial charge in [0.1, 0.15) is 0 Å². The molecule has 0 heterocycles. The molecule has 3 heteroatoms. The second kappa shape index (κ2) is 11.8. The van der Waals surface area contributed by atoms with E-state index in [1.165, 1.54) is 16.7 Å². The molecular formula is C25H41N3. The molecule has 0 saturated carbocycles. The lowest BCUT2D eigenvalue weighted by atomic mass is 9.83. The zero-order valence-electron chi connectivity index (χ0n) is 18.5. The minimum Gasteiger partial charge on any atom is -0.380 e. The van der Waals surface area contributed by atoms with Crippen LogP contribution in [0.25, 0.3) is 0 Å². The Kier molecular flexibility index (Phi) is 10.1. The molecule has 156 valence electrons. The SMILES string of the molecule is C=C(CCCCC(N)C(=C)N/C=C\C)CC1=CC(C)(NC(=C)CC)CC=C1C. The molecule has 1 aliphatic rings. The second-order valence-electron chi connectivity index (χ2n) is 8.21. The first-order valence-electron chi connectivity index (χ1n) is 10.5. The molecule has 3 nitrogen and oxygen atoms in total. The lowest BCUT2D eigenvalue weighted by Crippen LogP contribution is -2.40. The van der Waals surface area contributed by atoms with Gasteiger partial charge in [0.2, 0.25) is 0 Å². The quantitative estimate of drug-likeness (QED) is 0.270. The minimum atomic E-state index is -0.0463. The number of hydrogen-bond donors (Lipinski definition) is 3. The number of rotatable bonds is 13. The molecule has 0 aliphatic heterocycles. The first-order chi connectivity index (χ1) is 13.2. The Balaban J connectivity index is 2.46. The van der Waals surface area contributed by atoms with E-state index in [2.05, 4.69) is 63.3 Å². The Bertz CT molecular complexity index is 651. The molecule has 2 unspecified atom stereocenters. The topological polar surface area (TPSA) is 50.1 Å². The largest absolute Gasteiger partial charge is 0.380 e. The predicted octanol–water partition coefficient (Wildman–Crippen LogP) is 6.01. The summed E-state index contributed by atoms with van der Waals surface area (Å²) in [5, 5.41) is 6.70. The van der Waals surface area contributed by atoms with Gasteiger partial charge in [-0.15, -0.1) is 0 Å². The zero-order chi connectivity index (χ0) is 21.2. The summed E-state index contributed by atoms with van der Waals surface area (Å²) >= 11 is 0. The highest BCUT2D eigenvalue weighted by Crippen LogP contribution is 2.31. The van der Waals surface area contributed by atoms with Crippen molar-refractivity contribution in [1.29, 1.82) is 0 Å². The predicted molar refractivity (Wildman–Crippen MR) is 125 cm³/mol. The third-order valence-corrected chi connectivity index (χ3v) is 5.34. The van der Waals surface area contributed by atoms with Gasteiger partial charge < -0.3 is 16.4 Å². The van der Waals surface area contributed by atoms with Gasteiger partial charge in [-0.1, -0.05) is 62.5 Å². The molecule has 2 atom stereocenters. The van der Waals surface area contributed by atoms with Crippen molar-refractivity contribution in [3.63, 3.8) is 0 Å². The maximum atomic E-state index is 6.17. The van der Waals surface area contributed by atoms with E-state index >= 15 is 0 Å². The van der Waals surface area contributed by atoms with Gasteiger partial charge in [-0.05, 0) is 71.1 Å². The van der Waals surface area contributed by atoms with Crippen LogP contribution in [0.4, 0.5) is 0 Å². The van der Waals surface area contributed by atoms with Crippen LogP contribution < -0.4 is 16.4 Å². The van der Waals surface area contributed by atoms with Crippen molar-refractivity contribution >= 4 is 0 Å². The minimum absolute atomic E-state index is 0.00542. The molecular weight excluding hydrogens is 342 g/mol. The van der Waals surface area contributed by atoms with Gasteiger partial charge in [-0.2, -0.15) is 0 Å². The highest BCUT2D eigenvalue weighted by Gasteiger charge is 2.25. The van der Waals surface area contributed by atoms with Crippen LogP contribution in [0, 0.1) is 0 Å². The summed E-state index contributed by atoms with van der Waals surface area (Å²) in [6.07, 6.45) is 15.6. The Labute approximate surface area is 173 Å². The molecule has 1 rings (SSSR count). The van der Waals surface area contributed by atoms with Gasteiger partial charge in [-0.3, -0.25) is 0 Å². The van der Waals surface area contributed by atoms with Crippen LogP contribution in [0.2, 0.25) is 0 Å². The van der Waals surface area contributed by atoms with Crippen LogP contribution in [-0.2, 0) is 0 Å². The van der Waals surface area contributed by atoms with Crippen molar-refractivity contribution in [3.8, 4) is 0 Å². The highest BCUT2D eigenvalue weighted by atomic mass is 15.0. The Morgan fingerprint density at radius 3 is 2.68 bits per heavy atom. The molecule has 0 spiro atoms. The van der Waals surface area contributed by atoms with Crippen LogP contribution in [0.5, 0.6) is 0 Å². The number of hydrogen-bond acceptors (Lipinski definition) is 3. The van der Waals surface area contributed by atoms with E-state index < -0.39 is 0 Å². The van der Waals surface area contributed by atoms with E-state index in [1.54, 1.807) is 0 Å². The van der Waals surface area contributed by atoms with Gasteiger partial charge in [-0.25, -0.2) is 0 Å². The summed E-state index contributed by atoms with van der Waals surface area (Å²) < 4.78 is 0. The molecule has 1 aliphatic carbocycles. The van der Waals surface area contributed by atoms with Crippen LogP contribution in [0.3, 0.4) is 0 Å². The van der Waals surface area contributed by atoms with E-state index in [0.29, 0.717) is 0 Å². The van der Waals surface area contributed by atoms with Crippen LogP contribution in [-0.4, -0.2) is 11.6 Å². The van der Waals surface area contributed by atoms with Crippen molar-refractivity contribution in [3.05, 3.63) is 72.3 Å². The first kappa shape index (κ1) is 24.0. The van der Waals surface area contributed by atoms with Crippen molar-refractivity contribution in [2.75, 3.05) is 0 Å². The number of nitrogens with two attached hydrogens (primary N) is 1. The van der Waals surface area contributed by atoms with Gasteiger partial charge >= 0.3 is 0 Å². The number of nitrogens with one attached hydrogen (secondary N) is 2. The lowest BCUT2D eigenvalue weighted by molar-refractivity contribution is 0.472.